The lowest BCUT2D eigenvalue weighted by Crippen LogP contribution is -2.43. The smallest absolute Gasteiger partial charge is 0.263 e. The van der Waals surface area contributed by atoms with Crippen LogP contribution in [0.25, 0.3) is 10.2 Å². The van der Waals surface area contributed by atoms with Gasteiger partial charge in [0.25, 0.3) is 5.56 Å². The number of thioether (sulfide) groups is 1. The minimum absolute atomic E-state index is 0.00985. The molecule has 25 heavy (non-hydrogen) atoms. The molecule has 3 heterocycles. The highest BCUT2D eigenvalue weighted by atomic mass is 32.2. The molecule has 7 heteroatoms. The van der Waals surface area contributed by atoms with Crippen molar-refractivity contribution in [1.29, 1.82) is 0 Å². The number of hydrogen-bond acceptors (Lipinski definition) is 5. The van der Waals surface area contributed by atoms with Gasteiger partial charge in [0.1, 0.15) is 4.83 Å². The third-order valence-electron chi connectivity index (χ3n) is 5.02. The van der Waals surface area contributed by atoms with E-state index in [1.165, 1.54) is 18.2 Å². The number of rotatable bonds is 4. The lowest BCUT2D eigenvalue weighted by molar-refractivity contribution is -0.131. The molecule has 0 N–H and O–H groups in total. The Balaban J connectivity index is 1.86. The molecule has 0 aromatic carbocycles. The first-order valence-corrected chi connectivity index (χ1v) is 10.7. The third kappa shape index (κ3) is 3.49. The number of nitrogens with zero attached hydrogens (tertiary/aromatic N) is 3. The Morgan fingerprint density at radius 2 is 2.12 bits per heavy atom. The minimum atomic E-state index is 0.00985. The van der Waals surface area contributed by atoms with Crippen LogP contribution in [0.15, 0.2) is 9.95 Å². The van der Waals surface area contributed by atoms with Crippen LogP contribution in [0.2, 0.25) is 0 Å². The van der Waals surface area contributed by atoms with E-state index in [2.05, 4.69) is 6.92 Å². The minimum Gasteiger partial charge on any atom is -0.339 e. The number of carbonyl (C=O) groups is 1. The van der Waals surface area contributed by atoms with Crippen LogP contribution in [0.5, 0.6) is 0 Å². The molecule has 0 saturated carbocycles. The van der Waals surface area contributed by atoms with Gasteiger partial charge in [-0.3, -0.25) is 14.2 Å². The molecule has 2 aromatic heterocycles. The van der Waals surface area contributed by atoms with E-state index in [9.17, 15) is 9.59 Å². The van der Waals surface area contributed by atoms with Crippen LogP contribution in [0.3, 0.4) is 0 Å². The maximum Gasteiger partial charge on any atom is 0.263 e. The van der Waals surface area contributed by atoms with E-state index in [0.717, 1.165) is 40.0 Å². The van der Waals surface area contributed by atoms with Gasteiger partial charge in [0, 0.05) is 24.0 Å². The number of aryl methyl sites for hydroxylation is 2. The van der Waals surface area contributed by atoms with E-state index in [1.54, 1.807) is 15.9 Å². The molecule has 1 amide bonds. The Hall–Kier alpha value is -1.34. The molecule has 2 aromatic rings. The summed E-state index contributed by atoms with van der Waals surface area (Å²) in [6.45, 7) is 9.47. The van der Waals surface area contributed by atoms with Crippen molar-refractivity contribution < 1.29 is 4.79 Å². The van der Waals surface area contributed by atoms with Crippen molar-refractivity contribution in [3.63, 3.8) is 0 Å². The molecule has 0 radical (unpaired) electrons. The zero-order chi connectivity index (χ0) is 18.1. The summed E-state index contributed by atoms with van der Waals surface area (Å²) in [5.41, 5.74) is 1.03. The summed E-state index contributed by atoms with van der Waals surface area (Å²) >= 11 is 2.94. The summed E-state index contributed by atoms with van der Waals surface area (Å²) in [5, 5.41) is 1.38. The summed E-state index contributed by atoms with van der Waals surface area (Å²) in [6, 6.07) is 0.313. The molecule has 136 valence electrons. The summed E-state index contributed by atoms with van der Waals surface area (Å²) in [4.78, 5) is 34.0. The summed E-state index contributed by atoms with van der Waals surface area (Å²) in [7, 11) is 0. The second kappa shape index (κ2) is 7.50. The zero-order valence-electron chi connectivity index (χ0n) is 15.3. The number of amides is 1. The van der Waals surface area contributed by atoms with Crippen molar-refractivity contribution in [2.24, 2.45) is 0 Å². The molecule has 0 bridgehead atoms. The van der Waals surface area contributed by atoms with Crippen LogP contribution in [0.1, 0.15) is 43.6 Å². The van der Waals surface area contributed by atoms with Crippen molar-refractivity contribution in [3.05, 3.63) is 20.8 Å². The molecule has 3 rings (SSSR count). The predicted octanol–water partition coefficient (Wildman–Crippen LogP) is 3.59. The van der Waals surface area contributed by atoms with Gasteiger partial charge >= 0.3 is 0 Å². The molecule has 1 atom stereocenters. The molecule has 0 aliphatic carbocycles. The Morgan fingerprint density at radius 1 is 1.36 bits per heavy atom. The molecule has 1 unspecified atom stereocenters. The first-order chi connectivity index (χ1) is 11.9. The molecule has 1 aliphatic rings. The molecule has 5 nitrogen and oxygen atoms in total. The highest BCUT2D eigenvalue weighted by molar-refractivity contribution is 7.99. The molecule has 1 saturated heterocycles. The van der Waals surface area contributed by atoms with E-state index in [4.69, 9.17) is 4.98 Å². The fourth-order valence-electron chi connectivity index (χ4n) is 3.38. The monoisotopic (exact) mass is 379 g/mol. The normalized spacial score (nSPS) is 18.1. The van der Waals surface area contributed by atoms with Gasteiger partial charge in [-0.15, -0.1) is 11.3 Å². The Labute approximate surface area is 156 Å². The van der Waals surface area contributed by atoms with Gasteiger partial charge in [-0.25, -0.2) is 4.98 Å². The fourth-order valence-corrected chi connectivity index (χ4v) is 5.40. The summed E-state index contributed by atoms with van der Waals surface area (Å²) in [5.74, 6) is 0.485. The first-order valence-electron chi connectivity index (χ1n) is 8.86. The van der Waals surface area contributed by atoms with Crippen LogP contribution < -0.4 is 5.56 Å². The summed E-state index contributed by atoms with van der Waals surface area (Å²) < 4.78 is 1.69. The fraction of sp³-hybridized carbons (Fsp3) is 0.611. The van der Waals surface area contributed by atoms with E-state index in [0.29, 0.717) is 23.5 Å². The van der Waals surface area contributed by atoms with Crippen LogP contribution in [0.4, 0.5) is 0 Å². The average molecular weight is 380 g/mol. The largest absolute Gasteiger partial charge is 0.339 e. The lowest BCUT2D eigenvalue weighted by Gasteiger charge is -2.33. The number of fused-ring (bicyclic) bond motifs is 1. The van der Waals surface area contributed by atoms with Crippen molar-refractivity contribution in [1.82, 2.24) is 14.5 Å². The second-order valence-corrected chi connectivity index (χ2v) is 8.77. The van der Waals surface area contributed by atoms with Crippen LogP contribution in [-0.2, 0) is 11.3 Å². The highest BCUT2D eigenvalue weighted by Gasteiger charge is 2.24. The molecular formula is C18H25N3O2S2. The maximum absolute atomic E-state index is 12.8. The number of piperidine rings is 1. The summed E-state index contributed by atoms with van der Waals surface area (Å²) in [6.07, 6.45) is 3.36. The van der Waals surface area contributed by atoms with Crippen molar-refractivity contribution in [2.45, 2.75) is 64.7 Å². The first kappa shape index (κ1) is 18.5. The Bertz CT molecular complexity index is 856. The van der Waals surface area contributed by atoms with Crippen LogP contribution in [0, 0.1) is 13.8 Å². The van der Waals surface area contributed by atoms with Crippen molar-refractivity contribution in [2.75, 3.05) is 12.3 Å². The van der Waals surface area contributed by atoms with E-state index in [-0.39, 0.29) is 11.5 Å². The van der Waals surface area contributed by atoms with Gasteiger partial charge in [-0.2, -0.15) is 0 Å². The lowest BCUT2D eigenvalue weighted by atomic mass is 10.0. The Morgan fingerprint density at radius 3 is 2.80 bits per heavy atom. The van der Waals surface area contributed by atoms with Crippen LogP contribution in [-0.4, -0.2) is 38.7 Å². The number of likely N-dealkylation sites (tertiary alicyclic amines) is 1. The van der Waals surface area contributed by atoms with E-state index >= 15 is 0 Å². The van der Waals surface area contributed by atoms with E-state index in [1.807, 2.05) is 25.7 Å². The highest BCUT2D eigenvalue weighted by Crippen LogP contribution is 2.28. The maximum atomic E-state index is 12.8. The van der Waals surface area contributed by atoms with Gasteiger partial charge in [0.2, 0.25) is 5.91 Å². The molecule has 1 fully saturated rings. The van der Waals surface area contributed by atoms with Gasteiger partial charge < -0.3 is 4.90 Å². The number of carbonyl (C=O) groups excluding carboxylic acids is 1. The standard InChI is InChI=1S/C18H25N3O2S2/c1-5-20-17(23)15-12(3)13(4)25-16(15)19-18(20)24-10-14(22)21-9-7-6-8-11(21)2/h11H,5-10H2,1-4H3. The van der Waals surface area contributed by atoms with E-state index < -0.39 is 0 Å². The number of hydrogen-bond donors (Lipinski definition) is 0. The number of aromatic nitrogens is 2. The van der Waals surface area contributed by atoms with Gasteiger partial charge in [-0.05, 0) is 52.5 Å². The average Bonchev–Trinajstić information content (AvgIpc) is 2.87. The van der Waals surface area contributed by atoms with Gasteiger partial charge in [0.05, 0.1) is 11.1 Å². The second-order valence-electron chi connectivity index (χ2n) is 6.63. The van der Waals surface area contributed by atoms with Gasteiger partial charge in [0.15, 0.2) is 5.16 Å². The predicted molar refractivity (Wildman–Crippen MR) is 105 cm³/mol. The van der Waals surface area contributed by atoms with Gasteiger partial charge in [-0.1, -0.05) is 11.8 Å². The quantitative estimate of drug-likeness (QED) is 0.602. The van der Waals surface area contributed by atoms with Crippen molar-refractivity contribution >= 4 is 39.2 Å². The van der Waals surface area contributed by atoms with Crippen molar-refractivity contribution in [3.8, 4) is 0 Å². The van der Waals surface area contributed by atoms with Crippen LogP contribution >= 0.6 is 23.1 Å². The topological polar surface area (TPSA) is 55.2 Å². The zero-order valence-corrected chi connectivity index (χ0v) is 16.9. The Kier molecular flexibility index (Phi) is 5.53. The number of thiophene rings is 1. The molecular weight excluding hydrogens is 354 g/mol. The molecule has 1 aliphatic heterocycles. The molecule has 0 spiro atoms. The SMILES string of the molecule is CCn1c(SCC(=O)N2CCCCC2C)nc2sc(C)c(C)c2c1=O. The third-order valence-corrected chi connectivity index (χ3v) is 7.08.